The van der Waals surface area contributed by atoms with Crippen LogP contribution in [-0.2, 0) is 4.79 Å². The van der Waals surface area contributed by atoms with E-state index in [4.69, 9.17) is 0 Å². The molecule has 1 unspecified atom stereocenters. The molecule has 6 heteroatoms. The van der Waals surface area contributed by atoms with Gasteiger partial charge in [-0.1, -0.05) is 18.2 Å². The van der Waals surface area contributed by atoms with Gasteiger partial charge in [-0.2, -0.15) is 0 Å². The molecule has 1 fully saturated rings. The lowest BCUT2D eigenvalue weighted by molar-refractivity contribution is -0.115. The molecule has 0 radical (unpaired) electrons. The Balaban J connectivity index is 2.03. The number of anilines is 1. The first-order valence-corrected chi connectivity index (χ1v) is 7.26. The van der Waals surface area contributed by atoms with Crippen molar-refractivity contribution in [2.75, 3.05) is 10.7 Å². The second-order valence-electron chi connectivity index (χ2n) is 4.55. The Morgan fingerprint density at radius 2 is 1.76 bits per heavy atom. The number of thioether (sulfide) groups is 1. The molecule has 0 bridgehead atoms. The topological polar surface area (TPSA) is 20.3 Å². The minimum absolute atomic E-state index is 0.141. The van der Waals surface area contributed by atoms with E-state index in [1.54, 1.807) is 6.07 Å². The fourth-order valence-electron chi connectivity index (χ4n) is 2.24. The summed E-state index contributed by atoms with van der Waals surface area (Å²) in [5.74, 6) is -2.56. The van der Waals surface area contributed by atoms with Crippen LogP contribution in [0.2, 0.25) is 0 Å². The van der Waals surface area contributed by atoms with Crippen LogP contribution >= 0.6 is 11.8 Å². The zero-order valence-electron chi connectivity index (χ0n) is 10.7. The van der Waals surface area contributed by atoms with Crippen molar-refractivity contribution in [1.29, 1.82) is 0 Å². The van der Waals surface area contributed by atoms with Crippen molar-refractivity contribution in [2.45, 2.75) is 5.37 Å². The zero-order valence-corrected chi connectivity index (χ0v) is 11.5. The molecule has 1 aliphatic heterocycles. The Kier molecular flexibility index (Phi) is 3.63. The van der Waals surface area contributed by atoms with Crippen LogP contribution in [-0.4, -0.2) is 11.7 Å². The van der Waals surface area contributed by atoms with Gasteiger partial charge in [-0.25, -0.2) is 13.2 Å². The van der Waals surface area contributed by atoms with Gasteiger partial charge in [0.25, 0.3) is 0 Å². The molecule has 0 spiro atoms. The number of carbonyl (C=O) groups is 1. The third-order valence-corrected chi connectivity index (χ3v) is 4.42. The number of hydrogen-bond donors (Lipinski definition) is 0. The standard InChI is InChI=1S/C15H10F3NOS/c16-10-6-5-9(7-12(10)18)15-19(14(20)8-21-15)13-4-2-1-3-11(13)17/h1-7,15H,8H2. The van der Waals surface area contributed by atoms with Gasteiger partial charge < -0.3 is 0 Å². The summed E-state index contributed by atoms with van der Waals surface area (Å²) in [7, 11) is 0. The van der Waals surface area contributed by atoms with Crippen LogP contribution in [0.1, 0.15) is 10.9 Å². The summed E-state index contributed by atoms with van der Waals surface area (Å²) in [5.41, 5.74) is 0.565. The lowest BCUT2D eigenvalue weighted by atomic mass is 10.1. The minimum atomic E-state index is -0.985. The number of hydrogen-bond acceptors (Lipinski definition) is 2. The Labute approximate surface area is 123 Å². The van der Waals surface area contributed by atoms with Gasteiger partial charge in [0.15, 0.2) is 11.6 Å². The number of nitrogens with zero attached hydrogens (tertiary/aromatic N) is 1. The van der Waals surface area contributed by atoms with Gasteiger partial charge in [0.05, 0.1) is 11.4 Å². The first-order valence-electron chi connectivity index (χ1n) is 6.21. The average Bonchev–Trinajstić information content (AvgIpc) is 2.84. The van der Waals surface area contributed by atoms with Gasteiger partial charge in [-0.3, -0.25) is 9.69 Å². The monoisotopic (exact) mass is 309 g/mol. The molecular weight excluding hydrogens is 299 g/mol. The highest BCUT2D eigenvalue weighted by atomic mass is 32.2. The van der Waals surface area contributed by atoms with Gasteiger partial charge in [0, 0.05) is 0 Å². The van der Waals surface area contributed by atoms with E-state index in [1.165, 1.54) is 40.9 Å². The minimum Gasteiger partial charge on any atom is -0.292 e. The number of para-hydroxylation sites is 1. The molecular formula is C15H10F3NOS. The summed E-state index contributed by atoms with van der Waals surface area (Å²) in [6.45, 7) is 0. The van der Waals surface area contributed by atoms with E-state index >= 15 is 0 Å². The SMILES string of the molecule is O=C1CSC(c2ccc(F)c(F)c2)N1c1ccccc1F. The molecule has 0 aromatic heterocycles. The Bertz CT molecular complexity index is 707. The molecule has 2 aromatic rings. The quantitative estimate of drug-likeness (QED) is 0.839. The molecule has 1 saturated heterocycles. The van der Waals surface area contributed by atoms with Crippen LogP contribution in [0, 0.1) is 17.5 Å². The molecule has 0 saturated carbocycles. The van der Waals surface area contributed by atoms with Crippen LogP contribution in [0.25, 0.3) is 0 Å². The number of halogens is 3. The number of rotatable bonds is 2. The number of amides is 1. The number of carbonyl (C=O) groups excluding carboxylic acids is 1. The highest BCUT2D eigenvalue weighted by molar-refractivity contribution is 8.00. The van der Waals surface area contributed by atoms with Crippen molar-refractivity contribution in [2.24, 2.45) is 0 Å². The normalized spacial score (nSPS) is 18.3. The van der Waals surface area contributed by atoms with E-state index < -0.39 is 22.8 Å². The third-order valence-electron chi connectivity index (χ3n) is 3.21. The molecule has 1 amide bonds. The highest BCUT2D eigenvalue weighted by Gasteiger charge is 2.35. The van der Waals surface area contributed by atoms with Crippen molar-refractivity contribution in [3.05, 3.63) is 65.5 Å². The van der Waals surface area contributed by atoms with E-state index in [2.05, 4.69) is 0 Å². The van der Waals surface area contributed by atoms with Crippen LogP contribution in [0.15, 0.2) is 42.5 Å². The largest absolute Gasteiger partial charge is 0.292 e. The Morgan fingerprint density at radius 3 is 2.48 bits per heavy atom. The average molecular weight is 309 g/mol. The zero-order chi connectivity index (χ0) is 15.0. The molecule has 21 heavy (non-hydrogen) atoms. The van der Waals surface area contributed by atoms with E-state index in [1.807, 2.05) is 0 Å². The summed E-state index contributed by atoms with van der Waals surface area (Å²) in [6, 6.07) is 9.35. The summed E-state index contributed by atoms with van der Waals surface area (Å²) in [4.78, 5) is 13.3. The second-order valence-corrected chi connectivity index (χ2v) is 5.62. The molecule has 0 N–H and O–H groups in total. The van der Waals surface area contributed by atoms with Gasteiger partial charge in [0.1, 0.15) is 11.2 Å². The molecule has 1 aliphatic rings. The smallest absolute Gasteiger partial charge is 0.238 e. The van der Waals surface area contributed by atoms with Gasteiger partial charge in [0.2, 0.25) is 5.91 Å². The van der Waals surface area contributed by atoms with E-state index in [9.17, 15) is 18.0 Å². The fourth-order valence-corrected chi connectivity index (χ4v) is 3.40. The van der Waals surface area contributed by atoms with E-state index in [0.717, 1.165) is 12.1 Å². The number of benzene rings is 2. The maximum absolute atomic E-state index is 13.9. The molecule has 0 aliphatic carbocycles. The maximum atomic E-state index is 13.9. The van der Waals surface area contributed by atoms with Crippen molar-refractivity contribution in [3.8, 4) is 0 Å². The predicted octanol–water partition coefficient (Wildman–Crippen LogP) is 3.88. The predicted molar refractivity (Wildman–Crippen MR) is 75.4 cm³/mol. The van der Waals surface area contributed by atoms with Gasteiger partial charge in [-0.05, 0) is 29.8 Å². The fraction of sp³-hybridized carbons (Fsp3) is 0.133. The van der Waals surface area contributed by atoms with Crippen molar-refractivity contribution in [3.63, 3.8) is 0 Å². The van der Waals surface area contributed by atoms with Gasteiger partial charge >= 0.3 is 0 Å². The van der Waals surface area contributed by atoms with Crippen LogP contribution in [0.4, 0.5) is 18.9 Å². The van der Waals surface area contributed by atoms with E-state index in [0.29, 0.717) is 5.56 Å². The molecule has 2 nitrogen and oxygen atoms in total. The maximum Gasteiger partial charge on any atom is 0.238 e. The first-order chi connectivity index (χ1) is 10.1. The summed E-state index contributed by atoms with van der Waals surface area (Å²) >= 11 is 1.25. The van der Waals surface area contributed by atoms with Gasteiger partial charge in [-0.15, -0.1) is 11.8 Å². The van der Waals surface area contributed by atoms with Crippen molar-refractivity contribution >= 4 is 23.4 Å². The third kappa shape index (κ3) is 2.51. The molecule has 1 atom stereocenters. The van der Waals surface area contributed by atoms with Crippen molar-refractivity contribution in [1.82, 2.24) is 0 Å². The van der Waals surface area contributed by atoms with Crippen LogP contribution in [0.5, 0.6) is 0 Å². The van der Waals surface area contributed by atoms with Crippen LogP contribution < -0.4 is 4.90 Å². The Morgan fingerprint density at radius 1 is 1.00 bits per heavy atom. The molecule has 2 aromatic carbocycles. The highest BCUT2D eigenvalue weighted by Crippen LogP contribution is 2.42. The molecule has 1 heterocycles. The Hall–Kier alpha value is -1.95. The first kappa shape index (κ1) is 14.0. The van der Waals surface area contributed by atoms with Crippen molar-refractivity contribution < 1.29 is 18.0 Å². The summed E-state index contributed by atoms with van der Waals surface area (Å²) in [5, 5.41) is -0.565. The van der Waals surface area contributed by atoms with E-state index in [-0.39, 0.29) is 17.3 Å². The summed E-state index contributed by atoms with van der Waals surface area (Å²) in [6.07, 6.45) is 0. The second kappa shape index (κ2) is 5.44. The lowest BCUT2D eigenvalue weighted by Gasteiger charge is -2.24. The lowest BCUT2D eigenvalue weighted by Crippen LogP contribution is -2.28. The van der Waals surface area contributed by atoms with Crippen LogP contribution in [0.3, 0.4) is 0 Å². The molecule has 108 valence electrons. The summed E-state index contributed by atoms with van der Waals surface area (Å²) < 4.78 is 40.3. The molecule has 3 rings (SSSR count).